The number of benzene rings is 9. The number of aromatic nitrogens is 1. The van der Waals surface area contributed by atoms with E-state index in [4.69, 9.17) is 0 Å². The van der Waals surface area contributed by atoms with Gasteiger partial charge in [0.25, 0.3) is 0 Å². The first-order valence-electron chi connectivity index (χ1n) is 19.4. The van der Waals surface area contributed by atoms with Gasteiger partial charge in [0.15, 0.2) is 0 Å². The molecule has 2 aromatic heterocycles. The fourth-order valence-electron chi connectivity index (χ4n) is 8.58. The van der Waals surface area contributed by atoms with Gasteiger partial charge in [-0.3, -0.25) is 0 Å². The molecule has 3 heteroatoms. The first-order valence-corrected chi connectivity index (χ1v) is 20.2. The molecule has 0 spiro atoms. The Hall–Kier alpha value is -7.20. The van der Waals surface area contributed by atoms with Crippen molar-refractivity contribution in [2.75, 3.05) is 4.90 Å². The van der Waals surface area contributed by atoms with E-state index >= 15 is 0 Å². The van der Waals surface area contributed by atoms with Crippen LogP contribution in [0.1, 0.15) is 0 Å². The fourth-order valence-corrected chi connectivity index (χ4v) is 9.67. The Morgan fingerprint density at radius 2 is 0.912 bits per heavy atom. The van der Waals surface area contributed by atoms with E-state index in [2.05, 4.69) is 228 Å². The molecule has 11 rings (SSSR count). The van der Waals surface area contributed by atoms with Crippen molar-refractivity contribution in [2.45, 2.75) is 0 Å². The van der Waals surface area contributed by atoms with Crippen molar-refractivity contribution in [1.82, 2.24) is 4.57 Å². The lowest BCUT2D eigenvalue weighted by Gasteiger charge is -2.28. The topological polar surface area (TPSA) is 8.17 Å². The maximum absolute atomic E-state index is 2.42. The Morgan fingerprint density at radius 3 is 1.70 bits per heavy atom. The molecule has 11 aromatic rings. The average Bonchev–Trinajstić information content (AvgIpc) is 3.82. The molecule has 268 valence electrons. The predicted octanol–water partition coefficient (Wildman–Crippen LogP) is 15.6. The summed E-state index contributed by atoms with van der Waals surface area (Å²) in [5, 5.41) is 5.07. The van der Waals surface area contributed by atoms with E-state index in [1.54, 1.807) is 0 Å². The monoisotopic (exact) mass is 744 g/mol. The van der Waals surface area contributed by atoms with Gasteiger partial charge < -0.3 is 9.47 Å². The van der Waals surface area contributed by atoms with E-state index in [-0.39, 0.29) is 0 Å². The molecule has 0 unspecified atom stereocenters. The Kier molecular flexibility index (Phi) is 8.04. The van der Waals surface area contributed by atoms with Crippen molar-refractivity contribution in [1.29, 1.82) is 0 Å². The van der Waals surface area contributed by atoms with Crippen LogP contribution in [0.2, 0.25) is 0 Å². The highest BCUT2D eigenvalue weighted by atomic mass is 32.1. The van der Waals surface area contributed by atoms with Crippen LogP contribution in [0, 0.1) is 0 Å². The Labute approximate surface area is 335 Å². The fraction of sp³-hybridized carbons (Fsp3) is 0. The minimum absolute atomic E-state index is 1.10. The van der Waals surface area contributed by atoms with Crippen LogP contribution in [0.15, 0.2) is 218 Å². The Balaban J connectivity index is 1.07. The third-order valence-corrected chi connectivity index (χ3v) is 12.4. The van der Waals surface area contributed by atoms with Crippen LogP contribution >= 0.6 is 11.3 Å². The molecule has 0 aliphatic heterocycles. The van der Waals surface area contributed by atoms with Crippen molar-refractivity contribution < 1.29 is 0 Å². The van der Waals surface area contributed by atoms with Crippen molar-refractivity contribution in [3.05, 3.63) is 218 Å². The van der Waals surface area contributed by atoms with Crippen LogP contribution in [-0.4, -0.2) is 4.57 Å². The van der Waals surface area contributed by atoms with Gasteiger partial charge in [-0.25, -0.2) is 0 Å². The molecule has 0 fully saturated rings. The van der Waals surface area contributed by atoms with E-state index in [0.29, 0.717) is 0 Å². The van der Waals surface area contributed by atoms with Gasteiger partial charge in [-0.2, -0.15) is 0 Å². The minimum Gasteiger partial charge on any atom is -0.310 e. The summed E-state index contributed by atoms with van der Waals surface area (Å²) in [5.41, 5.74) is 14.1. The first-order chi connectivity index (χ1) is 28.3. The summed E-state index contributed by atoms with van der Waals surface area (Å²) in [6.07, 6.45) is 0. The number of fused-ring (bicyclic) bond motifs is 6. The molecule has 0 atom stereocenters. The summed E-state index contributed by atoms with van der Waals surface area (Å²) in [5.74, 6) is 0. The number of hydrogen-bond acceptors (Lipinski definition) is 2. The Bertz CT molecular complexity index is 3230. The number of para-hydroxylation sites is 3. The second-order valence-corrected chi connectivity index (χ2v) is 15.6. The zero-order chi connectivity index (χ0) is 37.7. The third-order valence-electron chi connectivity index (χ3n) is 11.2. The van der Waals surface area contributed by atoms with Crippen molar-refractivity contribution >= 4 is 70.4 Å². The van der Waals surface area contributed by atoms with Crippen LogP contribution in [0.5, 0.6) is 0 Å². The molecular formula is C54H36N2S. The van der Waals surface area contributed by atoms with E-state index in [0.717, 1.165) is 28.3 Å². The van der Waals surface area contributed by atoms with Gasteiger partial charge in [-0.15, -0.1) is 11.3 Å². The van der Waals surface area contributed by atoms with Crippen LogP contribution in [0.3, 0.4) is 0 Å². The molecule has 0 radical (unpaired) electrons. The normalized spacial score (nSPS) is 11.5. The van der Waals surface area contributed by atoms with Gasteiger partial charge >= 0.3 is 0 Å². The molecule has 0 aliphatic rings. The van der Waals surface area contributed by atoms with Gasteiger partial charge in [-0.1, -0.05) is 152 Å². The lowest BCUT2D eigenvalue weighted by atomic mass is 9.94. The molecule has 0 N–H and O–H groups in total. The molecule has 0 saturated heterocycles. The molecule has 0 amide bonds. The quantitative estimate of drug-likeness (QED) is 0.158. The van der Waals surface area contributed by atoms with Gasteiger partial charge in [-0.05, 0) is 94.5 Å². The predicted molar refractivity (Wildman–Crippen MR) is 245 cm³/mol. The highest BCUT2D eigenvalue weighted by Crippen LogP contribution is 2.45. The third kappa shape index (κ3) is 5.71. The van der Waals surface area contributed by atoms with Gasteiger partial charge in [0, 0.05) is 53.6 Å². The van der Waals surface area contributed by atoms with Crippen LogP contribution in [0.4, 0.5) is 17.1 Å². The summed E-state index contributed by atoms with van der Waals surface area (Å²) in [6, 6.07) is 79.4. The number of hydrogen-bond donors (Lipinski definition) is 0. The summed E-state index contributed by atoms with van der Waals surface area (Å²) in [7, 11) is 0. The molecular weight excluding hydrogens is 709 g/mol. The van der Waals surface area contributed by atoms with E-state index in [1.165, 1.54) is 69.8 Å². The lowest BCUT2D eigenvalue weighted by molar-refractivity contribution is 1.18. The molecule has 2 heterocycles. The molecule has 0 aliphatic carbocycles. The molecule has 0 saturated carbocycles. The first kappa shape index (κ1) is 33.2. The summed E-state index contributed by atoms with van der Waals surface area (Å²) >= 11 is 1.86. The second kappa shape index (κ2) is 13.8. The lowest BCUT2D eigenvalue weighted by Crippen LogP contribution is -2.11. The standard InChI is InChI=1S/C54H36N2S/c1-3-15-37(16-4-1)43-19-7-8-20-44(43)38-27-30-41(31-28-38)56-51-25-13-10-22-46(51)47-33-32-42(36-52(47)56)55(40-17-5-2-6-18-40)50-24-12-9-21-45(50)39-29-34-54-49(35-39)48-23-11-14-26-53(48)57-54/h1-36H. The van der Waals surface area contributed by atoms with Crippen molar-refractivity contribution in [2.24, 2.45) is 0 Å². The smallest absolute Gasteiger partial charge is 0.0561 e. The summed E-state index contributed by atoms with van der Waals surface area (Å²) in [6.45, 7) is 0. The second-order valence-electron chi connectivity index (χ2n) is 14.5. The highest BCUT2D eigenvalue weighted by Gasteiger charge is 2.20. The number of anilines is 3. The number of rotatable bonds is 7. The van der Waals surface area contributed by atoms with Crippen LogP contribution in [0.25, 0.3) is 81.0 Å². The van der Waals surface area contributed by atoms with E-state index in [9.17, 15) is 0 Å². The molecule has 0 bridgehead atoms. The van der Waals surface area contributed by atoms with Gasteiger partial charge in [0.05, 0.1) is 16.7 Å². The highest BCUT2D eigenvalue weighted by molar-refractivity contribution is 7.25. The van der Waals surface area contributed by atoms with Crippen LogP contribution in [-0.2, 0) is 0 Å². The number of nitrogens with zero attached hydrogens (tertiary/aromatic N) is 2. The average molecular weight is 745 g/mol. The zero-order valence-corrected chi connectivity index (χ0v) is 31.9. The minimum atomic E-state index is 1.10. The van der Waals surface area contributed by atoms with Crippen LogP contribution < -0.4 is 4.90 Å². The zero-order valence-electron chi connectivity index (χ0n) is 31.1. The maximum Gasteiger partial charge on any atom is 0.0561 e. The summed E-state index contributed by atoms with van der Waals surface area (Å²) in [4.78, 5) is 2.41. The molecule has 57 heavy (non-hydrogen) atoms. The largest absolute Gasteiger partial charge is 0.310 e. The van der Waals surface area contributed by atoms with Gasteiger partial charge in [0.1, 0.15) is 0 Å². The molecule has 2 nitrogen and oxygen atoms in total. The number of thiophene rings is 1. The SMILES string of the molecule is c1ccc(-c2ccccc2-c2ccc(-n3c4ccccc4c4ccc(N(c5ccccc5)c5ccccc5-c5ccc6sc7ccccc7c6c5)cc43)cc2)cc1. The molecule has 9 aromatic carbocycles. The van der Waals surface area contributed by atoms with E-state index in [1.807, 2.05) is 11.3 Å². The van der Waals surface area contributed by atoms with Gasteiger partial charge in [0.2, 0.25) is 0 Å². The van der Waals surface area contributed by atoms with E-state index < -0.39 is 0 Å². The summed E-state index contributed by atoms with van der Waals surface area (Å²) < 4.78 is 5.05. The van der Waals surface area contributed by atoms with Crippen molar-refractivity contribution in [3.63, 3.8) is 0 Å². The maximum atomic E-state index is 2.42. The Morgan fingerprint density at radius 1 is 0.333 bits per heavy atom. The van der Waals surface area contributed by atoms with Crippen molar-refractivity contribution in [3.8, 4) is 39.1 Å².